The molecule has 0 saturated carbocycles. The zero-order valence-corrected chi connectivity index (χ0v) is 11.5. The van der Waals surface area contributed by atoms with E-state index in [1.54, 1.807) is 19.9 Å². The second-order valence-corrected chi connectivity index (χ2v) is 4.65. The van der Waals surface area contributed by atoms with Crippen LogP contribution in [-0.4, -0.2) is 34.1 Å². The molecule has 0 radical (unpaired) electrons. The molecule has 6 heteroatoms. The lowest BCUT2D eigenvalue weighted by Gasteiger charge is -2.13. The van der Waals surface area contributed by atoms with E-state index in [2.05, 4.69) is 9.97 Å². The number of pyridine rings is 1. The largest absolute Gasteiger partial charge is 0.462 e. The smallest absolute Gasteiger partial charge is 0.340 e. The van der Waals surface area contributed by atoms with Crippen LogP contribution in [0.1, 0.15) is 55.1 Å². The molecule has 0 atom stereocenters. The van der Waals surface area contributed by atoms with Gasteiger partial charge >= 0.3 is 5.97 Å². The van der Waals surface area contributed by atoms with Crippen LogP contribution in [0.25, 0.3) is 0 Å². The van der Waals surface area contributed by atoms with Gasteiger partial charge in [-0.2, -0.15) is 0 Å². The third-order valence-electron chi connectivity index (χ3n) is 3.39. The molecule has 0 aliphatic heterocycles. The molecule has 3 rings (SSSR count). The molecule has 2 aromatic rings. The fraction of sp³-hybridized carbons (Fsp3) is 0.200. The predicted octanol–water partition coefficient (Wildman–Crippen LogP) is 1.67. The van der Waals surface area contributed by atoms with E-state index in [1.807, 2.05) is 0 Å². The van der Waals surface area contributed by atoms with Crippen molar-refractivity contribution in [2.24, 2.45) is 0 Å². The third kappa shape index (κ3) is 1.79. The Balaban J connectivity index is 2.24. The molecule has 2 aromatic heterocycles. The van der Waals surface area contributed by atoms with E-state index in [9.17, 15) is 14.4 Å². The molecule has 0 bridgehead atoms. The fourth-order valence-electron chi connectivity index (χ4n) is 2.50. The van der Waals surface area contributed by atoms with E-state index >= 15 is 0 Å². The van der Waals surface area contributed by atoms with Gasteiger partial charge in [-0.15, -0.1) is 0 Å². The van der Waals surface area contributed by atoms with Gasteiger partial charge in [0.25, 0.3) is 0 Å². The van der Waals surface area contributed by atoms with Gasteiger partial charge < -0.3 is 9.72 Å². The van der Waals surface area contributed by atoms with E-state index in [-0.39, 0.29) is 46.3 Å². The second kappa shape index (κ2) is 4.66. The molecule has 0 saturated heterocycles. The number of carbonyl (C=O) groups excluding carboxylic acids is 3. The summed E-state index contributed by atoms with van der Waals surface area (Å²) in [6.07, 6.45) is 1.46. The first-order valence-corrected chi connectivity index (χ1v) is 6.50. The number of aryl methyl sites for hydroxylation is 1. The van der Waals surface area contributed by atoms with E-state index in [0.717, 1.165) is 0 Å². The number of rotatable bonds is 2. The molecule has 2 heterocycles. The van der Waals surface area contributed by atoms with Crippen LogP contribution in [0.3, 0.4) is 0 Å². The molecule has 6 nitrogen and oxygen atoms in total. The van der Waals surface area contributed by atoms with Crippen LogP contribution in [0.15, 0.2) is 18.3 Å². The minimum Gasteiger partial charge on any atom is -0.462 e. The number of esters is 1. The maximum Gasteiger partial charge on any atom is 0.340 e. The van der Waals surface area contributed by atoms with Crippen molar-refractivity contribution in [2.75, 3.05) is 6.61 Å². The van der Waals surface area contributed by atoms with Crippen molar-refractivity contribution >= 4 is 17.5 Å². The van der Waals surface area contributed by atoms with Crippen LogP contribution >= 0.6 is 0 Å². The Bertz CT molecular complexity index is 789. The Kier molecular flexibility index (Phi) is 2.94. The number of aromatic nitrogens is 2. The highest BCUT2D eigenvalue weighted by molar-refractivity contribution is 6.29. The molecule has 106 valence electrons. The molecule has 0 fully saturated rings. The Labute approximate surface area is 120 Å². The van der Waals surface area contributed by atoms with Crippen molar-refractivity contribution in [1.82, 2.24) is 9.97 Å². The third-order valence-corrected chi connectivity index (χ3v) is 3.39. The zero-order chi connectivity index (χ0) is 15.1. The standard InChI is InChI=1S/C15H12N2O4/c1-3-21-15(20)9-7(2)17-12-10(9)13(18)8-5-4-6-16-11(8)14(12)19/h4-6,17H,3H2,1-2H3. The van der Waals surface area contributed by atoms with E-state index in [1.165, 1.54) is 12.3 Å². The molecule has 0 aromatic carbocycles. The Morgan fingerprint density at radius 1 is 1.33 bits per heavy atom. The Morgan fingerprint density at radius 2 is 2.10 bits per heavy atom. The second-order valence-electron chi connectivity index (χ2n) is 4.65. The first-order chi connectivity index (χ1) is 10.1. The lowest BCUT2D eigenvalue weighted by molar-refractivity contribution is 0.0523. The van der Waals surface area contributed by atoms with Crippen molar-refractivity contribution in [1.29, 1.82) is 0 Å². The van der Waals surface area contributed by atoms with Crippen molar-refractivity contribution in [3.63, 3.8) is 0 Å². The first-order valence-electron chi connectivity index (χ1n) is 6.50. The maximum absolute atomic E-state index is 12.6. The number of nitrogens with zero attached hydrogens (tertiary/aromatic N) is 1. The molecule has 0 spiro atoms. The SMILES string of the molecule is CCOC(=O)c1c(C)[nH]c2c1C(=O)c1cccnc1C2=O. The van der Waals surface area contributed by atoms with Crippen LogP contribution in [0.4, 0.5) is 0 Å². The summed E-state index contributed by atoms with van der Waals surface area (Å²) in [4.78, 5) is 43.8. The van der Waals surface area contributed by atoms with Crippen molar-refractivity contribution in [3.05, 3.63) is 52.1 Å². The lowest BCUT2D eigenvalue weighted by Crippen LogP contribution is -2.23. The number of ether oxygens (including phenoxy) is 1. The quantitative estimate of drug-likeness (QED) is 0.723. The minimum absolute atomic E-state index is 0.0800. The summed E-state index contributed by atoms with van der Waals surface area (Å²) in [7, 11) is 0. The number of carbonyl (C=O) groups is 3. The highest BCUT2D eigenvalue weighted by Crippen LogP contribution is 2.30. The van der Waals surface area contributed by atoms with Crippen LogP contribution in [-0.2, 0) is 4.74 Å². The van der Waals surface area contributed by atoms with Gasteiger partial charge in [0.15, 0.2) is 5.78 Å². The number of hydrogen-bond acceptors (Lipinski definition) is 5. The highest BCUT2D eigenvalue weighted by Gasteiger charge is 2.37. The van der Waals surface area contributed by atoms with Crippen LogP contribution < -0.4 is 0 Å². The van der Waals surface area contributed by atoms with Crippen LogP contribution in [0.2, 0.25) is 0 Å². The topological polar surface area (TPSA) is 89.1 Å². The average molecular weight is 284 g/mol. The normalized spacial score (nSPS) is 12.9. The van der Waals surface area contributed by atoms with Gasteiger partial charge in [0.1, 0.15) is 11.4 Å². The molecule has 1 N–H and O–H groups in total. The highest BCUT2D eigenvalue weighted by atomic mass is 16.5. The fourth-order valence-corrected chi connectivity index (χ4v) is 2.50. The van der Waals surface area contributed by atoms with Crippen molar-refractivity contribution in [2.45, 2.75) is 13.8 Å². The number of fused-ring (bicyclic) bond motifs is 2. The summed E-state index contributed by atoms with van der Waals surface area (Å²) < 4.78 is 4.97. The van der Waals surface area contributed by atoms with E-state index in [0.29, 0.717) is 5.69 Å². The molecule has 1 aliphatic carbocycles. The van der Waals surface area contributed by atoms with Crippen molar-refractivity contribution in [3.8, 4) is 0 Å². The van der Waals surface area contributed by atoms with E-state index in [4.69, 9.17) is 4.74 Å². The molecule has 1 aliphatic rings. The van der Waals surface area contributed by atoms with Gasteiger partial charge in [-0.25, -0.2) is 4.79 Å². The zero-order valence-electron chi connectivity index (χ0n) is 11.5. The Morgan fingerprint density at radius 3 is 2.81 bits per heavy atom. The number of nitrogens with one attached hydrogen (secondary N) is 1. The van der Waals surface area contributed by atoms with Crippen LogP contribution in [0.5, 0.6) is 0 Å². The summed E-state index contributed by atoms with van der Waals surface area (Å²) >= 11 is 0. The molecular weight excluding hydrogens is 272 g/mol. The monoisotopic (exact) mass is 284 g/mol. The number of aromatic amines is 1. The van der Waals surface area contributed by atoms with Gasteiger partial charge in [-0.05, 0) is 26.0 Å². The summed E-state index contributed by atoms with van der Waals surface area (Å²) in [6, 6.07) is 3.11. The summed E-state index contributed by atoms with van der Waals surface area (Å²) in [5.74, 6) is -1.39. The number of hydrogen-bond donors (Lipinski definition) is 1. The van der Waals surface area contributed by atoms with Crippen LogP contribution in [0, 0.1) is 6.92 Å². The maximum atomic E-state index is 12.6. The van der Waals surface area contributed by atoms with Crippen molar-refractivity contribution < 1.29 is 19.1 Å². The summed E-state index contributed by atoms with van der Waals surface area (Å²) in [5.41, 5.74) is 1.06. The summed E-state index contributed by atoms with van der Waals surface area (Å²) in [5, 5.41) is 0. The van der Waals surface area contributed by atoms with Gasteiger partial charge in [-0.1, -0.05) is 0 Å². The van der Waals surface area contributed by atoms with Gasteiger partial charge in [0.05, 0.1) is 23.3 Å². The molecule has 21 heavy (non-hydrogen) atoms. The van der Waals surface area contributed by atoms with Gasteiger partial charge in [0, 0.05) is 11.9 Å². The molecular formula is C15H12N2O4. The predicted molar refractivity (Wildman–Crippen MR) is 72.6 cm³/mol. The minimum atomic E-state index is -0.610. The van der Waals surface area contributed by atoms with Gasteiger partial charge in [-0.3, -0.25) is 14.6 Å². The lowest BCUT2D eigenvalue weighted by atomic mass is 9.89. The number of ketones is 2. The Hall–Kier alpha value is -2.76. The summed E-state index contributed by atoms with van der Waals surface area (Å²) in [6.45, 7) is 3.50. The average Bonchev–Trinajstić information content (AvgIpc) is 2.83. The first kappa shape index (κ1) is 13.2. The van der Waals surface area contributed by atoms with E-state index < -0.39 is 5.97 Å². The number of H-pyrrole nitrogens is 1. The molecule has 0 amide bonds. The van der Waals surface area contributed by atoms with Gasteiger partial charge in [0.2, 0.25) is 5.78 Å². The molecule has 0 unspecified atom stereocenters.